The Morgan fingerprint density at radius 2 is 1.74 bits per heavy atom. The van der Waals surface area contributed by atoms with E-state index in [2.05, 4.69) is 45.1 Å². The highest BCUT2D eigenvalue weighted by Gasteiger charge is 2.17. The third-order valence-corrected chi connectivity index (χ3v) is 3.84. The molecule has 0 saturated heterocycles. The second-order valence-corrected chi connectivity index (χ2v) is 5.82. The third kappa shape index (κ3) is 5.06. The van der Waals surface area contributed by atoms with E-state index < -0.39 is 0 Å². The maximum absolute atomic E-state index is 11.7. The van der Waals surface area contributed by atoms with Crippen molar-refractivity contribution in [3.63, 3.8) is 0 Å². The number of amides is 1. The standard InChI is InChI=1S/C17H27NO/c1-5-7-8-9-16(19)18-15-12-10-14(11-13-15)17(3,4)6-2/h10-13H,5-9H2,1-4H3,(H,18,19). The van der Waals surface area contributed by atoms with E-state index in [-0.39, 0.29) is 11.3 Å². The number of anilines is 1. The first kappa shape index (κ1) is 15.7. The maximum atomic E-state index is 11.7. The van der Waals surface area contributed by atoms with Crippen LogP contribution in [0, 0.1) is 0 Å². The summed E-state index contributed by atoms with van der Waals surface area (Å²) in [6.45, 7) is 8.83. The van der Waals surface area contributed by atoms with Gasteiger partial charge in [-0.15, -0.1) is 0 Å². The van der Waals surface area contributed by atoms with Gasteiger partial charge < -0.3 is 5.32 Å². The Morgan fingerprint density at radius 3 is 2.26 bits per heavy atom. The molecule has 0 saturated carbocycles. The summed E-state index contributed by atoms with van der Waals surface area (Å²) in [4.78, 5) is 11.7. The number of carbonyl (C=O) groups excluding carboxylic acids is 1. The Bertz CT molecular complexity index is 392. The number of unbranched alkanes of at least 4 members (excludes halogenated alkanes) is 2. The Labute approximate surface area is 117 Å². The van der Waals surface area contributed by atoms with Crippen molar-refractivity contribution in [2.75, 3.05) is 5.32 Å². The van der Waals surface area contributed by atoms with Crippen molar-refractivity contribution in [2.24, 2.45) is 0 Å². The number of nitrogens with one attached hydrogen (secondary N) is 1. The van der Waals surface area contributed by atoms with Gasteiger partial charge in [0, 0.05) is 12.1 Å². The van der Waals surface area contributed by atoms with Crippen molar-refractivity contribution in [3.05, 3.63) is 29.8 Å². The summed E-state index contributed by atoms with van der Waals surface area (Å²) in [5.41, 5.74) is 2.42. The molecular weight excluding hydrogens is 234 g/mol. The van der Waals surface area contributed by atoms with Crippen LogP contribution in [0.25, 0.3) is 0 Å². The lowest BCUT2D eigenvalue weighted by Gasteiger charge is -2.23. The summed E-state index contributed by atoms with van der Waals surface area (Å²) in [5, 5.41) is 2.96. The first-order valence-corrected chi connectivity index (χ1v) is 7.40. The molecule has 1 aromatic rings. The maximum Gasteiger partial charge on any atom is 0.224 e. The highest BCUT2D eigenvalue weighted by molar-refractivity contribution is 5.90. The van der Waals surface area contributed by atoms with Crippen molar-refractivity contribution in [3.8, 4) is 0 Å². The molecule has 106 valence electrons. The van der Waals surface area contributed by atoms with Crippen molar-refractivity contribution < 1.29 is 4.79 Å². The minimum atomic E-state index is 0.121. The number of benzene rings is 1. The monoisotopic (exact) mass is 261 g/mol. The molecule has 0 bridgehead atoms. The second-order valence-electron chi connectivity index (χ2n) is 5.82. The van der Waals surface area contributed by atoms with E-state index in [0.717, 1.165) is 31.4 Å². The van der Waals surface area contributed by atoms with Gasteiger partial charge in [-0.2, -0.15) is 0 Å². The van der Waals surface area contributed by atoms with Gasteiger partial charge in [-0.1, -0.05) is 52.7 Å². The molecule has 0 aliphatic carbocycles. The van der Waals surface area contributed by atoms with Gasteiger partial charge in [0.2, 0.25) is 5.91 Å². The molecule has 2 nitrogen and oxygen atoms in total. The van der Waals surface area contributed by atoms with Gasteiger partial charge in [-0.3, -0.25) is 4.79 Å². The molecule has 0 radical (unpaired) electrons. The van der Waals surface area contributed by atoms with E-state index in [1.54, 1.807) is 0 Å². The van der Waals surface area contributed by atoms with Crippen LogP contribution in [0.3, 0.4) is 0 Å². The Hall–Kier alpha value is -1.31. The zero-order valence-electron chi connectivity index (χ0n) is 12.8. The molecule has 1 aromatic carbocycles. The van der Waals surface area contributed by atoms with Crippen LogP contribution in [-0.2, 0) is 10.2 Å². The molecule has 0 aliphatic heterocycles. The van der Waals surface area contributed by atoms with Crippen molar-refractivity contribution in [2.45, 2.75) is 65.2 Å². The molecule has 0 aromatic heterocycles. The summed E-state index contributed by atoms with van der Waals surface area (Å²) in [6, 6.07) is 8.24. The van der Waals surface area contributed by atoms with Crippen LogP contribution >= 0.6 is 0 Å². The van der Waals surface area contributed by atoms with Crippen LogP contribution < -0.4 is 5.32 Å². The zero-order chi connectivity index (χ0) is 14.3. The van der Waals surface area contributed by atoms with E-state index >= 15 is 0 Å². The zero-order valence-corrected chi connectivity index (χ0v) is 12.8. The highest BCUT2D eigenvalue weighted by atomic mass is 16.1. The predicted molar refractivity (Wildman–Crippen MR) is 82.5 cm³/mol. The SMILES string of the molecule is CCCCCC(=O)Nc1ccc(C(C)(C)CC)cc1. The molecule has 0 heterocycles. The van der Waals surface area contributed by atoms with Crippen LogP contribution in [0.15, 0.2) is 24.3 Å². The van der Waals surface area contributed by atoms with Crippen molar-refractivity contribution in [1.82, 2.24) is 0 Å². The molecule has 19 heavy (non-hydrogen) atoms. The van der Waals surface area contributed by atoms with E-state index in [0.29, 0.717) is 6.42 Å². The molecular formula is C17H27NO. The smallest absolute Gasteiger partial charge is 0.224 e. The molecule has 0 atom stereocenters. The van der Waals surface area contributed by atoms with Crippen molar-refractivity contribution >= 4 is 11.6 Å². The molecule has 0 fully saturated rings. The average molecular weight is 261 g/mol. The predicted octanol–water partition coefficient (Wildman–Crippen LogP) is 4.89. The molecule has 1 N–H and O–H groups in total. The normalized spacial score (nSPS) is 11.4. The second kappa shape index (κ2) is 7.32. The van der Waals surface area contributed by atoms with Gasteiger partial charge in [0.15, 0.2) is 0 Å². The lowest BCUT2D eigenvalue weighted by atomic mass is 9.82. The number of hydrogen-bond donors (Lipinski definition) is 1. The number of rotatable bonds is 7. The molecule has 1 amide bonds. The fourth-order valence-corrected chi connectivity index (χ4v) is 1.97. The van der Waals surface area contributed by atoms with Gasteiger partial charge in [0.1, 0.15) is 0 Å². The first-order chi connectivity index (χ1) is 8.99. The van der Waals surface area contributed by atoms with Gasteiger partial charge in [-0.25, -0.2) is 0 Å². The summed E-state index contributed by atoms with van der Waals surface area (Å²) in [6.07, 6.45) is 4.97. The quantitative estimate of drug-likeness (QED) is 0.695. The summed E-state index contributed by atoms with van der Waals surface area (Å²) < 4.78 is 0. The Balaban J connectivity index is 2.55. The van der Waals surface area contributed by atoms with E-state index in [9.17, 15) is 4.79 Å². The van der Waals surface area contributed by atoms with Gasteiger partial charge in [0.05, 0.1) is 0 Å². The Kier molecular flexibility index (Phi) is 6.07. The van der Waals surface area contributed by atoms with Crippen LogP contribution in [0.1, 0.15) is 65.4 Å². The van der Waals surface area contributed by atoms with Gasteiger partial charge >= 0.3 is 0 Å². The summed E-state index contributed by atoms with van der Waals surface area (Å²) >= 11 is 0. The average Bonchev–Trinajstić information content (AvgIpc) is 2.39. The molecule has 2 heteroatoms. The lowest BCUT2D eigenvalue weighted by Crippen LogP contribution is -2.16. The lowest BCUT2D eigenvalue weighted by molar-refractivity contribution is -0.116. The summed E-state index contributed by atoms with van der Waals surface area (Å²) in [7, 11) is 0. The minimum absolute atomic E-state index is 0.121. The summed E-state index contributed by atoms with van der Waals surface area (Å²) in [5.74, 6) is 0.121. The third-order valence-electron chi connectivity index (χ3n) is 3.84. The van der Waals surface area contributed by atoms with Crippen molar-refractivity contribution in [1.29, 1.82) is 0 Å². The first-order valence-electron chi connectivity index (χ1n) is 7.40. The fourth-order valence-electron chi connectivity index (χ4n) is 1.97. The number of hydrogen-bond acceptors (Lipinski definition) is 1. The molecule has 0 spiro atoms. The van der Waals surface area contributed by atoms with Crippen LogP contribution in [-0.4, -0.2) is 5.91 Å². The van der Waals surface area contributed by atoms with Crippen LogP contribution in [0.2, 0.25) is 0 Å². The number of carbonyl (C=O) groups is 1. The largest absolute Gasteiger partial charge is 0.326 e. The van der Waals surface area contributed by atoms with Crippen LogP contribution in [0.5, 0.6) is 0 Å². The van der Waals surface area contributed by atoms with Crippen LogP contribution in [0.4, 0.5) is 5.69 Å². The molecule has 1 rings (SSSR count). The molecule has 0 unspecified atom stereocenters. The topological polar surface area (TPSA) is 29.1 Å². The van der Waals surface area contributed by atoms with Gasteiger partial charge in [0.25, 0.3) is 0 Å². The fraction of sp³-hybridized carbons (Fsp3) is 0.588. The van der Waals surface area contributed by atoms with E-state index in [1.165, 1.54) is 5.56 Å². The van der Waals surface area contributed by atoms with E-state index in [4.69, 9.17) is 0 Å². The Morgan fingerprint density at radius 1 is 1.11 bits per heavy atom. The minimum Gasteiger partial charge on any atom is -0.326 e. The van der Waals surface area contributed by atoms with Gasteiger partial charge in [-0.05, 0) is 36.0 Å². The highest BCUT2D eigenvalue weighted by Crippen LogP contribution is 2.27. The van der Waals surface area contributed by atoms with E-state index in [1.807, 2.05) is 12.1 Å². The molecule has 0 aliphatic rings.